The van der Waals surface area contributed by atoms with Crippen molar-refractivity contribution in [3.8, 4) is 0 Å². The minimum atomic E-state index is -3.03. The molecule has 1 saturated carbocycles. The quantitative estimate of drug-likeness (QED) is 0.765. The largest absolute Gasteiger partial charge is 0.215 e. The molecule has 0 aromatic rings. The van der Waals surface area contributed by atoms with Crippen LogP contribution in [-0.4, -0.2) is 25.0 Å². The summed E-state index contributed by atoms with van der Waals surface area (Å²) in [7, 11) is -3.03. The average molecular weight is 298 g/mol. The summed E-state index contributed by atoms with van der Waals surface area (Å²) in [6, 6.07) is 0. The lowest BCUT2D eigenvalue weighted by molar-refractivity contribution is 0.561. The van der Waals surface area contributed by atoms with Gasteiger partial charge in [0.2, 0.25) is 10.0 Å². The fourth-order valence-corrected chi connectivity index (χ4v) is 3.70. The first-order valence-electron chi connectivity index (χ1n) is 5.69. The molecule has 1 atom stereocenters. The lowest BCUT2D eigenvalue weighted by Gasteiger charge is -2.13. The third-order valence-electron chi connectivity index (χ3n) is 2.94. The van der Waals surface area contributed by atoms with Crippen LogP contribution in [0.2, 0.25) is 0 Å². The van der Waals surface area contributed by atoms with Gasteiger partial charge in [-0.15, -0.1) is 0 Å². The predicted molar refractivity (Wildman–Crippen MR) is 66.8 cm³/mol. The van der Waals surface area contributed by atoms with E-state index in [2.05, 4.69) is 27.6 Å². The van der Waals surface area contributed by atoms with E-state index >= 15 is 0 Å². The molecule has 15 heavy (non-hydrogen) atoms. The van der Waals surface area contributed by atoms with E-state index in [1.165, 1.54) is 0 Å². The van der Waals surface area contributed by atoms with Gasteiger partial charge in [-0.1, -0.05) is 35.7 Å². The fourth-order valence-electron chi connectivity index (χ4n) is 1.88. The molecule has 1 rings (SSSR count). The van der Waals surface area contributed by atoms with E-state index in [-0.39, 0.29) is 5.25 Å². The monoisotopic (exact) mass is 297 g/mol. The third kappa shape index (κ3) is 4.41. The van der Waals surface area contributed by atoms with Crippen LogP contribution in [0.4, 0.5) is 0 Å². The molecule has 90 valence electrons. The van der Waals surface area contributed by atoms with Gasteiger partial charge in [-0.3, -0.25) is 0 Å². The van der Waals surface area contributed by atoms with E-state index in [4.69, 9.17) is 0 Å². The van der Waals surface area contributed by atoms with Crippen LogP contribution in [0.1, 0.15) is 45.4 Å². The van der Waals surface area contributed by atoms with Crippen LogP contribution in [0, 0.1) is 0 Å². The highest BCUT2D eigenvalue weighted by Crippen LogP contribution is 2.23. The van der Waals surface area contributed by atoms with Gasteiger partial charge in [0.1, 0.15) is 0 Å². The molecular weight excluding hydrogens is 278 g/mol. The molecule has 1 N–H and O–H groups in total. The van der Waals surface area contributed by atoms with Crippen LogP contribution < -0.4 is 4.72 Å². The summed E-state index contributed by atoms with van der Waals surface area (Å²) in [6.07, 6.45) is 5.68. The van der Waals surface area contributed by atoms with Crippen LogP contribution in [0.15, 0.2) is 0 Å². The highest BCUT2D eigenvalue weighted by Gasteiger charge is 2.27. The molecule has 0 aliphatic heterocycles. The molecule has 5 heteroatoms. The van der Waals surface area contributed by atoms with Gasteiger partial charge in [0, 0.05) is 11.4 Å². The zero-order valence-corrected chi connectivity index (χ0v) is 11.6. The minimum absolute atomic E-state index is 0.132. The van der Waals surface area contributed by atoms with Crippen LogP contribution in [0.25, 0.3) is 0 Å². The highest BCUT2D eigenvalue weighted by atomic mass is 79.9. The smallest absolute Gasteiger partial charge is 0.214 e. The Morgan fingerprint density at radius 2 is 2.00 bits per heavy atom. The number of hydrogen-bond acceptors (Lipinski definition) is 2. The topological polar surface area (TPSA) is 46.2 Å². The summed E-state index contributed by atoms with van der Waals surface area (Å²) in [4.78, 5) is 0.420. The summed E-state index contributed by atoms with van der Waals surface area (Å²) in [5.41, 5.74) is 0. The maximum Gasteiger partial charge on any atom is 0.214 e. The summed E-state index contributed by atoms with van der Waals surface area (Å²) in [5, 5.41) is -0.132. The second-order valence-electron chi connectivity index (χ2n) is 4.14. The molecule has 3 nitrogen and oxygen atoms in total. The Kier molecular flexibility index (Phi) is 5.57. The number of nitrogens with one attached hydrogen (secondary N) is 1. The van der Waals surface area contributed by atoms with Crippen molar-refractivity contribution >= 4 is 26.0 Å². The van der Waals surface area contributed by atoms with E-state index in [1.807, 2.05) is 0 Å². The molecule has 0 aromatic carbocycles. The lowest BCUT2D eigenvalue weighted by Crippen LogP contribution is -2.34. The van der Waals surface area contributed by atoms with Gasteiger partial charge in [0.05, 0.1) is 5.25 Å². The molecule has 0 amide bonds. The van der Waals surface area contributed by atoms with Crippen molar-refractivity contribution in [2.45, 2.75) is 55.5 Å². The Balaban J connectivity index is 2.30. The standard InChI is InChI=1S/C10H20BrNO2S/c1-2-9(11)7-8-12-15(13,14)10-5-3-4-6-10/h9-10,12H,2-8H2,1H3. The molecule has 0 bridgehead atoms. The fraction of sp³-hybridized carbons (Fsp3) is 1.00. The number of sulfonamides is 1. The first kappa shape index (κ1) is 13.5. The maximum atomic E-state index is 11.8. The van der Waals surface area contributed by atoms with Crippen molar-refractivity contribution in [3.63, 3.8) is 0 Å². The molecule has 0 spiro atoms. The lowest BCUT2D eigenvalue weighted by atomic mass is 10.2. The molecule has 0 aromatic heterocycles. The Hall–Kier alpha value is 0.390. The van der Waals surface area contributed by atoms with Gasteiger partial charge in [-0.05, 0) is 25.7 Å². The Morgan fingerprint density at radius 3 is 2.53 bits per heavy atom. The van der Waals surface area contributed by atoms with Gasteiger partial charge < -0.3 is 0 Å². The van der Waals surface area contributed by atoms with Crippen LogP contribution >= 0.6 is 15.9 Å². The van der Waals surface area contributed by atoms with Crippen molar-refractivity contribution in [2.75, 3.05) is 6.54 Å². The highest BCUT2D eigenvalue weighted by molar-refractivity contribution is 9.09. The predicted octanol–water partition coefficient (Wildman–Crippen LogP) is 2.41. The molecule has 1 unspecified atom stereocenters. The van der Waals surface area contributed by atoms with E-state index in [0.29, 0.717) is 11.4 Å². The van der Waals surface area contributed by atoms with Gasteiger partial charge in [-0.25, -0.2) is 13.1 Å². The van der Waals surface area contributed by atoms with Gasteiger partial charge >= 0.3 is 0 Å². The van der Waals surface area contributed by atoms with Crippen molar-refractivity contribution in [2.24, 2.45) is 0 Å². The minimum Gasteiger partial charge on any atom is -0.215 e. The molecule has 1 aliphatic carbocycles. The van der Waals surface area contributed by atoms with Gasteiger partial charge in [0.25, 0.3) is 0 Å². The Labute approximate surface area is 101 Å². The number of halogens is 1. The van der Waals surface area contributed by atoms with Gasteiger partial charge in [-0.2, -0.15) is 0 Å². The van der Waals surface area contributed by atoms with Crippen molar-refractivity contribution in [3.05, 3.63) is 0 Å². The summed E-state index contributed by atoms with van der Waals surface area (Å²) in [6.45, 7) is 2.65. The molecule has 1 fully saturated rings. The number of rotatable bonds is 6. The molecule has 0 heterocycles. The number of alkyl halides is 1. The summed E-state index contributed by atoms with van der Waals surface area (Å²) >= 11 is 3.49. The number of hydrogen-bond donors (Lipinski definition) is 1. The van der Waals surface area contributed by atoms with E-state index in [1.54, 1.807) is 0 Å². The Bertz CT molecular complexity index is 273. The average Bonchev–Trinajstić information content (AvgIpc) is 2.70. The van der Waals surface area contributed by atoms with E-state index < -0.39 is 10.0 Å². The van der Waals surface area contributed by atoms with Crippen LogP contribution in [0.5, 0.6) is 0 Å². The zero-order chi connectivity index (χ0) is 11.3. The van der Waals surface area contributed by atoms with E-state index in [9.17, 15) is 8.42 Å². The van der Waals surface area contributed by atoms with Crippen LogP contribution in [-0.2, 0) is 10.0 Å². The Morgan fingerprint density at radius 1 is 1.40 bits per heavy atom. The second-order valence-corrected chi connectivity index (χ2v) is 7.48. The molecule has 1 aliphatic rings. The molecular formula is C10H20BrNO2S. The first-order valence-corrected chi connectivity index (χ1v) is 8.15. The molecule has 0 saturated heterocycles. The van der Waals surface area contributed by atoms with Crippen molar-refractivity contribution in [1.29, 1.82) is 0 Å². The second kappa shape index (κ2) is 6.21. The van der Waals surface area contributed by atoms with Crippen molar-refractivity contribution < 1.29 is 8.42 Å². The maximum absolute atomic E-state index is 11.8. The third-order valence-corrected chi connectivity index (χ3v) is 6.01. The summed E-state index contributed by atoms with van der Waals surface area (Å²) < 4.78 is 26.3. The van der Waals surface area contributed by atoms with Crippen molar-refractivity contribution in [1.82, 2.24) is 4.72 Å². The van der Waals surface area contributed by atoms with E-state index in [0.717, 1.165) is 38.5 Å². The summed E-state index contributed by atoms with van der Waals surface area (Å²) in [5.74, 6) is 0. The zero-order valence-electron chi connectivity index (χ0n) is 9.21. The SMILES string of the molecule is CCC(Br)CCNS(=O)(=O)C1CCCC1. The van der Waals surface area contributed by atoms with Gasteiger partial charge in [0.15, 0.2) is 0 Å². The first-order chi connectivity index (χ1) is 7.06. The normalized spacial score (nSPS) is 20.7. The van der Waals surface area contributed by atoms with Crippen LogP contribution in [0.3, 0.4) is 0 Å². The molecule has 0 radical (unpaired) electrons.